The first-order valence-corrected chi connectivity index (χ1v) is 6.16. The van der Waals surface area contributed by atoms with E-state index in [1.807, 2.05) is 32.9 Å². The molecule has 0 unspecified atom stereocenters. The van der Waals surface area contributed by atoms with Crippen molar-refractivity contribution < 1.29 is 9.21 Å². The number of nitrogens with zero attached hydrogens (tertiary/aromatic N) is 1. The zero-order valence-electron chi connectivity index (χ0n) is 11.0. The lowest BCUT2D eigenvalue weighted by Gasteiger charge is -2.23. The van der Waals surface area contributed by atoms with Gasteiger partial charge in [0.2, 0.25) is 5.91 Å². The van der Waals surface area contributed by atoms with Gasteiger partial charge in [-0.2, -0.15) is 5.26 Å². The summed E-state index contributed by atoms with van der Waals surface area (Å²) in [5.41, 5.74) is -1.02. The molecule has 1 heterocycles. The Morgan fingerprint density at radius 1 is 1.56 bits per heavy atom. The molecule has 18 heavy (non-hydrogen) atoms. The summed E-state index contributed by atoms with van der Waals surface area (Å²) in [6.07, 6.45) is 1.35. The number of hydrogen-bond donors (Lipinski definition) is 1. The Labute approximate surface area is 107 Å². The summed E-state index contributed by atoms with van der Waals surface area (Å²) in [6.45, 7) is 6.39. The lowest BCUT2D eigenvalue weighted by Crippen LogP contribution is -2.40. The molecule has 4 nitrogen and oxygen atoms in total. The standard InChI is InChI=1S/C14H18N2O2/c1-10-4-5-11(18-10)13(2,3)9-16-12(17)14(8-15)6-7-14/h4-5H,6-7,9H2,1-3H3,(H,16,17). The molecule has 0 saturated heterocycles. The second-order valence-corrected chi connectivity index (χ2v) is 5.67. The van der Waals surface area contributed by atoms with E-state index >= 15 is 0 Å². The lowest BCUT2D eigenvalue weighted by atomic mass is 9.90. The Kier molecular flexibility index (Phi) is 2.94. The highest BCUT2D eigenvalue weighted by molar-refractivity contribution is 5.88. The average molecular weight is 246 g/mol. The summed E-state index contributed by atoms with van der Waals surface area (Å²) >= 11 is 0. The summed E-state index contributed by atoms with van der Waals surface area (Å²) in [5, 5.41) is 11.8. The summed E-state index contributed by atoms with van der Waals surface area (Å²) in [7, 11) is 0. The third-order valence-electron chi connectivity index (χ3n) is 3.50. The van der Waals surface area contributed by atoms with E-state index in [1.165, 1.54) is 0 Å². The normalized spacial score (nSPS) is 17.0. The summed E-state index contributed by atoms with van der Waals surface area (Å²) < 4.78 is 5.59. The fourth-order valence-corrected chi connectivity index (χ4v) is 1.87. The van der Waals surface area contributed by atoms with E-state index in [0.717, 1.165) is 11.5 Å². The SMILES string of the molecule is Cc1ccc(C(C)(C)CNC(=O)C2(C#N)CC2)o1. The molecule has 1 aromatic rings. The molecular formula is C14H18N2O2. The topological polar surface area (TPSA) is 66.0 Å². The minimum Gasteiger partial charge on any atom is -0.466 e. The van der Waals surface area contributed by atoms with Gasteiger partial charge in [-0.15, -0.1) is 0 Å². The first kappa shape index (κ1) is 12.7. The Bertz CT molecular complexity index is 504. The van der Waals surface area contributed by atoms with Gasteiger partial charge >= 0.3 is 0 Å². The number of nitriles is 1. The van der Waals surface area contributed by atoms with Gasteiger partial charge in [-0.1, -0.05) is 13.8 Å². The maximum absolute atomic E-state index is 11.9. The molecule has 1 fully saturated rings. The Balaban J connectivity index is 1.98. The van der Waals surface area contributed by atoms with E-state index in [0.29, 0.717) is 19.4 Å². The number of hydrogen-bond acceptors (Lipinski definition) is 3. The minimum atomic E-state index is -0.755. The van der Waals surface area contributed by atoms with Crippen LogP contribution >= 0.6 is 0 Å². The molecule has 0 radical (unpaired) electrons. The van der Waals surface area contributed by atoms with Crippen molar-refractivity contribution in [2.45, 2.75) is 39.0 Å². The maximum atomic E-state index is 11.9. The van der Waals surface area contributed by atoms with Crippen molar-refractivity contribution in [3.8, 4) is 6.07 Å². The highest BCUT2D eigenvalue weighted by Crippen LogP contribution is 2.45. The second kappa shape index (κ2) is 4.16. The van der Waals surface area contributed by atoms with Crippen LogP contribution in [-0.2, 0) is 10.2 Å². The highest BCUT2D eigenvalue weighted by atomic mass is 16.3. The predicted octanol–water partition coefficient (Wildman–Crippen LogP) is 2.29. The molecule has 96 valence electrons. The van der Waals surface area contributed by atoms with Crippen molar-refractivity contribution in [1.82, 2.24) is 5.32 Å². The van der Waals surface area contributed by atoms with E-state index in [1.54, 1.807) is 0 Å². The van der Waals surface area contributed by atoms with Gasteiger partial charge in [-0.05, 0) is 31.9 Å². The fraction of sp³-hybridized carbons (Fsp3) is 0.571. The number of rotatable bonds is 4. The van der Waals surface area contributed by atoms with Crippen LogP contribution in [0.1, 0.15) is 38.2 Å². The largest absolute Gasteiger partial charge is 0.466 e. The summed E-state index contributed by atoms with van der Waals surface area (Å²) in [4.78, 5) is 11.9. The van der Waals surface area contributed by atoms with Crippen LogP contribution < -0.4 is 5.32 Å². The quantitative estimate of drug-likeness (QED) is 0.886. The average Bonchev–Trinajstić information content (AvgIpc) is 3.02. The zero-order valence-corrected chi connectivity index (χ0v) is 11.0. The van der Waals surface area contributed by atoms with Crippen LogP contribution in [-0.4, -0.2) is 12.5 Å². The Hall–Kier alpha value is -1.76. The van der Waals surface area contributed by atoms with E-state index in [9.17, 15) is 4.79 Å². The van der Waals surface area contributed by atoms with Crippen molar-refractivity contribution in [3.63, 3.8) is 0 Å². The number of carbonyl (C=O) groups excluding carboxylic acids is 1. The summed E-state index contributed by atoms with van der Waals surface area (Å²) in [6, 6.07) is 5.94. The molecule has 0 atom stereocenters. The second-order valence-electron chi connectivity index (χ2n) is 5.67. The van der Waals surface area contributed by atoms with E-state index in [-0.39, 0.29) is 11.3 Å². The van der Waals surface area contributed by atoms with Gasteiger partial charge in [-0.25, -0.2) is 0 Å². The molecule has 4 heteroatoms. The van der Waals surface area contributed by atoms with Crippen LogP contribution in [0.25, 0.3) is 0 Å². The van der Waals surface area contributed by atoms with Crippen molar-refractivity contribution >= 4 is 5.91 Å². The Morgan fingerprint density at radius 3 is 2.67 bits per heavy atom. The molecule has 1 aromatic heterocycles. The highest BCUT2D eigenvalue weighted by Gasteiger charge is 2.50. The third-order valence-corrected chi connectivity index (χ3v) is 3.50. The van der Waals surface area contributed by atoms with Crippen LogP contribution in [0.3, 0.4) is 0 Å². The first-order valence-electron chi connectivity index (χ1n) is 6.16. The third kappa shape index (κ3) is 2.26. The monoisotopic (exact) mass is 246 g/mol. The number of aryl methyl sites for hydroxylation is 1. The molecule has 1 saturated carbocycles. The molecule has 1 N–H and O–H groups in total. The Morgan fingerprint density at radius 2 is 2.22 bits per heavy atom. The van der Waals surface area contributed by atoms with Gasteiger partial charge < -0.3 is 9.73 Å². The van der Waals surface area contributed by atoms with Gasteiger partial charge in [0.15, 0.2) is 0 Å². The number of carbonyl (C=O) groups is 1. The molecule has 2 rings (SSSR count). The van der Waals surface area contributed by atoms with Gasteiger partial charge in [0.05, 0.1) is 6.07 Å². The van der Waals surface area contributed by atoms with Gasteiger partial charge in [-0.3, -0.25) is 4.79 Å². The van der Waals surface area contributed by atoms with Crippen molar-refractivity contribution in [1.29, 1.82) is 5.26 Å². The molecule has 0 bridgehead atoms. The zero-order chi connectivity index (χ0) is 13.4. The van der Waals surface area contributed by atoms with Crippen LogP contribution in [0.4, 0.5) is 0 Å². The van der Waals surface area contributed by atoms with Crippen molar-refractivity contribution in [2.75, 3.05) is 6.54 Å². The number of furan rings is 1. The number of nitrogens with one attached hydrogen (secondary N) is 1. The molecule has 1 aliphatic rings. The fourth-order valence-electron chi connectivity index (χ4n) is 1.87. The van der Waals surface area contributed by atoms with Crippen molar-refractivity contribution in [2.24, 2.45) is 5.41 Å². The maximum Gasteiger partial charge on any atom is 0.240 e. The van der Waals surface area contributed by atoms with Crippen LogP contribution in [0.5, 0.6) is 0 Å². The van der Waals surface area contributed by atoms with Crippen LogP contribution in [0.2, 0.25) is 0 Å². The molecule has 1 aliphatic carbocycles. The van der Waals surface area contributed by atoms with E-state index in [4.69, 9.17) is 9.68 Å². The van der Waals surface area contributed by atoms with Crippen LogP contribution in [0.15, 0.2) is 16.5 Å². The molecule has 0 aromatic carbocycles. The lowest BCUT2D eigenvalue weighted by molar-refractivity contribution is -0.124. The molecular weight excluding hydrogens is 228 g/mol. The minimum absolute atomic E-state index is 0.152. The van der Waals surface area contributed by atoms with Gasteiger partial charge in [0.25, 0.3) is 0 Å². The first-order chi connectivity index (χ1) is 8.39. The van der Waals surface area contributed by atoms with Crippen LogP contribution in [0, 0.1) is 23.7 Å². The molecule has 0 spiro atoms. The smallest absolute Gasteiger partial charge is 0.240 e. The van der Waals surface area contributed by atoms with Gasteiger partial charge in [0, 0.05) is 12.0 Å². The van der Waals surface area contributed by atoms with E-state index < -0.39 is 5.41 Å². The molecule has 1 amide bonds. The van der Waals surface area contributed by atoms with E-state index in [2.05, 4.69) is 11.4 Å². The van der Waals surface area contributed by atoms with Crippen molar-refractivity contribution in [3.05, 3.63) is 23.7 Å². The van der Waals surface area contributed by atoms with Gasteiger partial charge in [0.1, 0.15) is 16.9 Å². The predicted molar refractivity (Wildman–Crippen MR) is 66.8 cm³/mol. The molecule has 0 aliphatic heterocycles. The number of amides is 1. The summed E-state index contributed by atoms with van der Waals surface area (Å²) in [5.74, 6) is 1.56.